The lowest BCUT2D eigenvalue weighted by Gasteiger charge is -2.17. The first-order valence-electron chi connectivity index (χ1n) is 11.2. The maximum absolute atomic E-state index is 9.74. The van der Waals surface area contributed by atoms with Crippen LogP contribution in [0.5, 0.6) is 0 Å². The topological polar surface area (TPSA) is 142 Å². The first kappa shape index (κ1) is 27.8. The molecule has 16 heteroatoms. The van der Waals surface area contributed by atoms with E-state index in [9.17, 15) is 10.2 Å². The van der Waals surface area contributed by atoms with E-state index in [1.54, 1.807) is 0 Å². The molecular formula is C20H24Cl2N8O2S4. The molecule has 0 aliphatic rings. The molecule has 10 nitrogen and oxygen atoms in total. The van der Waals surface area contributed by atoms with Crippen molar-refractivity contribution in [3.05, 3.63) is 8.93 Å². The standard InChI is InChI=1S/C20H24Cl2N8O2S4/c1-3-5-9(7-31)23-13-11-15(25-17(21)33-11)29-19(27-13)35-36-20-28-14(24-10(8-32)6-4-2)12-16(30-20)26-18(22)34-12/h9-10,31-32H,3-8H2,1-2H3,(H,23,27,29)(H,24,28,30)/t9-,10?/m1/s1. The highest BCUT2D eigenvalue weighted by molar-refractivity contribution is 8.76. The minimum Gasteiger partial charge on any atom is -0.394 e. The van der Waals surface area contributed by atoms with Crippen molar-refractivity contribution in [2.45, 2.75) is 61.9 Å². The van der Waals surface area contributed by atoms with Gasteiger partial charge in [-0.15, -0.1) is 0 Å². The van der Waals surface area contributed by atoms with Crippen LogP contribution in [0.1, 0.15) is 39.5 Å². The third-order valence-corrected chi connectivity index (χ3v) is 9.20. The first-order valence-corrected chi connectivity index (χ1v) is 15.7. The van der Waals surface area contributed by atoms with Gasteiger partial charge in [-0.05, 0) is 34.4 Å². The van der Waals surface area contributed by atoms with Gasteiger partial charge in [0, 0.05) is 0 Å². The van der Waals surface area contributed by atoms with E-state index in [1.165, 1.54) is 44.3 Å². The Balaban J connectivity index is 1.61. The van der Waals surface area contributed by atoms with Crippen LogP contribution >= 0.6 is 67.5 Å². The lowest BCUT2D eigenvalue weighted by atomic mass is 10.2. The maximum atomic E-state index is 9.74. The van der Waals surface area contributed by atoms with Crippen molar-refractivity contribution < 1.29 is 10.2 Å². The van der Waals surface area contributed by atoms with Crippen molar-refractivity contribution >= 4 is 99.8 Å². The molecule has 0 saturated carbocycles. The van der Waals surface area contributed by atoms with Gasteiger partial charge in [-0.2, -0.15) is 0 Å². The van der Waals surface area contributed by atoms with E-state index >= 15 is 0 Å². The lowest BCUT2D eigenvalue weighted by molar-refractivity contribution is 0.268. The van der Waals surface area contributed by atoms with Crippen molar-refractivity contribution in [2.75, 3.05) is 23.8 Å². The fourth-order valence-corrected chi connectivity index (χ4v) is 6.94. The lowest BCUT2D eigenvalue weighted by Crippen LogP contribution is -2.24. The summed E-state index contributed by atoms with van der Waals surface area (Å²) in [5.74, 6) is 1.16. The van der Waals surface area contributed by atoms with Gasteiger partial charge in [-0.25, -0.2) is 29.9 Å². The van der Waals surface area contributed by atoms with Gasteiger partial charge in [0.1, 0.15) is 9.40 Å². The Morgan fingerprint density at radius 1 is 0.722 bits per heavy atom. The van der Waals surface area contributed by atoms with Gasteiger partial charge >= 0.3 is 0 Å². The minimum atomic E-state index is -0.143. The van der Waals surface area contributed by atoms with Gasteiger partial charge in [0.25, 0.3) is 0 Å². The maximum Gasteiger partial charge on any atom is 0.202 e. The highest BCUT2D eigenvalue weighted by Gasteiger charge is 2.19. The van der Waals surface area contributed by atoms with Crippen molar-refractivity contribution in [1.82, 2.24) is 29.9 Å². The molecule has 4 aromatic heterocycles. The zero-order chi connectivity index (χ0) is 25.7. The number of fused-ring (bicyclic) bond motifs is 2. The van der Waals surface area contributed by atoms with E-state index in [1.807, 2.05) is 0 Å². The van der Waals surface area contributed by atoms with Crippen LogP contribution in [0.2, 0.25) is 8.93 Å². The Kier molecular flexibility index (Phi) is 10.0. The molecule has 36 heavy (non-hydrogen) atoms. The zero-order valence-corrected chi connectivity index (χ0v) is 24.1. The molecule has 0 fully saturated rings. The number of nitrogens with one attached hydrogen (secondary N) is 2. The average molecular weight is 608 g/mol. The minimum absolute atomic E-state index is 0.0181. The Morgan fingerprint density at radius 2 is 1.14 bits per heavy atom. The van der Waals surface area contributed by atoms with Gasteiger partial charge in [-0.3, -0.25) is 0 Å². The van der Waals surface area contributed by atoms with E-state index in [4.69, 9.17) is 23.2 Å². The summed E-state index contributed by atoms with van der Waals surface area (Å²) < 4.78 is 2.19. The van der Waals surface area contributed by atoms with Gasteiger partial charge in [0.2, 0.25) is 10.3 Å². The molecule has 0 aliphatic heterocycles. The number of nitrogens with zero attached hydrogens (tertiary/aromatic N) is 6. The summed E-state index contributed by atoms with van der Waals surface area (Å²) in [5, 5.41) is 27.0. The summed E-state index contributed by atoms with van der Waals surface area (Å²) in [6.07, 6.45) is 3.41. The molecular weight excluding hydrogens is 583 g/mol. The SMILES string of the molecule is CCCC(CO)Nc1nc(SSc2nc(N[C@@H](CO)CCC)c3sc(Cl)nc3n2)nc2nc(Cl)sc12. The van der Waals surface area contributed by atoms with E-state index in [2.05, 4.69) is 54.4 Å². The normalized spacial score (nSPS) is 13.4. The summed E-state index contributed by atoms with van der Waals surface area (Å²) in [6.45, 7) is 4.08. The molecule has 194 valence electrons. The van der Waals surface area contributed by atoms with Gasteiger partial charge in [-0.1, -0.05) is 72.6 Å². The van der Waals surface area contributed by atoms with E-state index in [0.717, 1.165) is 35.1 Å². The second kappa shape index (κ2) is 13.0. The molecule has 0 spiro atoms. The summed E-state index contributed by atoms with van der Waals surface area (Å²) in [6, 6.07) is -0.285. The summed E-state index contributed by atoms with van der Waals surface area (Å²) in [5.41, 5.74) is 0.961. The van der Waals surface area contributed by atoms with Crippen LogP contribution in [0, 0.1) is 0 Å². The number of anilines is 2. The Hall–Kier alpha value is -1.26. The van der Waals surface area contributed by atoms with Crippen molar-refractivity contribution in [1.29, 1.82) is 0 Å². The Morgan fingerprint density at radius 3 is 1.50 bits per heavy atom. The molecule has 4 aromatic rings. The van der Waals surface area contributed by atoms with Gasteiger partial charge in [0.05, 0.1) is 25.3 Å². The first-order chi connectivity index (χ1) is 17.4. The zero-order valence-electron chi connectivity index (χ0n) is 19.4. The molecule has 2 atom stereocenters. The smallest absolute Gasteiger partial charge is 0.202 e. The number of aliphatic hydroxyl groups excluding tert-OH is 2. The molecule has 0 aliphatic carbocycles. The summed E-state index contributed by atoms with van der Waals surface area (Å²) in [7, 11) is 2.55. The monoisotopic (exact) mass is 606 g/mol. The molecule has 0 bridgehead atoms. The number of rotatable bonds is 13. The predicted molar refractivity (Wildman–Crippen MR) is 151 cm³/mol. The Bertz CT molecular complexity index is 1220. The van der Waals surface area contributed by atoms with Crippen LogP contribution in [0.15, 0.2) is 10.3 Å². The van der Waals surface area contributed by atoms with E-state index in [-0.39, 0.29) is 25.3 Å². The number of aliphatic hydroxyl groups is 2. The number of thiazole rings is 2. The third-order valence-electron chi connectivity index (χ3n) is 5.00. The summed E-state index contributed by atoms with van der Waals surface area (Å²) >= 11 is 14.9. The third kappa shape index (κ3) is 6.78. The number of hydrogen-bond donors (Lipinski definition) is 4. The van der Waals surface area contributed by atoms with Crippen LogP contribution in [0.4, 0.5) is 11.6 Å². The van der Waals surface area contributed by atoms with Crippen LogP contribution in [0.25, 0.3) is 20.7 Å². The Labute approximate surface area is 233 Å². The predicted octanol–water partition coefficient (Wildman–Crippen LogP) is 5.74. The largest absolute Gasteiger partial charge is 0.394 e. The van der Waals surface area contributed by atoms with E-state index < -0.39 is 0 Å². The van der Waals surface area contributed by atoms with E-state index in [0.29, 0.717) is 42.2 Å². The van der Waals surface area contributed by atoms with Crippen molar-refractivity contribution in [3.8, 4) is 0 Å². The molecule has 4 rings (SSSR count). The number of aromatic nitrogens is 6. The fourth-order valence-electron chi connectivity index (χ4n) is 3.40. The summed E-state index contributed by atoms with van der Waals surface area (Å²) in [4.78, 5) is 27.0. The van der Waals surface area contributed by atoms with Crippen LogP contribution in [-0.2, 0) is 0 Å². The molecule has 0 amide bonds. The molecule has 0 radical (unpaired) electrons. The van der Waals surface area contributed by atoms with Crippen molar-refractivity contribution in [2.24, 2.45) is 0 Å². The quantitative estimate of drug-likeness (QED) is 0.109. The number of halogens is 2. The van der Waals surface area contributed by atoms with Crippen LogP contribution in [0.3, 0.4) is 0 Å². The highest BCUT2D eigenvalue weighted by Crippen LogP contribution is 2.39. The average Bonchev–Trinajstić information content (AvgIpc) is 3.43. The van der Waals surface area contributed by atoms with Gasteiger partial charge < -0.3 is 20.8 Å². The molecule has 0 aromatic carbocycles. The van der Waals surface area contributed by atoms with Crippen LogP contribution < -0.4 is 10.6 Å². The van der Waals surface area contributed by atoms with Gasteiger partial charge in [0.15, 0.2) is 31.9 Å². The molecule has 0 saturated heterocycles. The second-order valence-corrected chi connectivity index (χ2v) is 13.0. The fraction of sp³-hybridized carbons (Fsp3) is 0.500. The van der Waals surface area contributed by atoms with Crippen LogP contribution in [-0.4, -0.2) is 65.4 Å². The highest BCUT2D eigenvalue weighted by atomic mass is 35.5. The number of hydrogen-bond acceptors (Lipinski definition) is 14. The molecule has 4 N–H and O–H groups in total. The second-order valence-electron chi connectivity index (χ2n) is 7.74. The molecule has 4 heterocycles. The van der Waals surface area contributed by atoms with Crippen molar-refractivity contribution in [3.63, 3.8) is 0 Å². The molecule has 1 unspecified atom stereocenters.